The molecule has 128 valence electrons. The number of rotatable bonds is 8. The first kappa shape index (κ1) is 19.2. The highest BCUT2D eigenvalue weighted by Gasteiger charge is 2.33. The highest BCUT2D eigenvalue weighted by Crippen LogP contribution is 2.15. The summed E-state index contributed by atoms with van der Waals surface area (Å²) in [6.45, 7) is 4.89. The molecule has 0 spiro atoms. The van der Waals surface area contributed by atoms with E-state index in [-0.39, 0.29) is 17.1 Å². The normalized spacial score (nSPS) is 14.0. The van der Waals surface area contributed by atoms with Gasteiger partial charge in [0.25, 0.3) is 0 Å². The molecule has 1 aromatic rings. The monoisotopic (exact) mass is 341 g/mol. The Kier molecular flexibility index (Phi) is 6.32. The Morgan fingerprint density at radius 2 is 1.74 bits per heavy atom. The highest BCUT2D eigenvalue weighted by molar-refractivity contribution is 7.91. The van der Waals surface area contributed by atoms with Gasteiger partial charge in [-0.1, -0.05) is 32.4 Å². The van der Waals surface area contributed by atoms with Crippen LogP contribution in [0.4, 0.5) is 0 Å². The van der Waals surface area contributed by atoms with Crippen molar-refractivity contribution in [2.75, 3.05) is 5.75 Å². The molecule has 0 aliphatic carbocycles. The average Bonchev–Trinajstić information content (AvgIpc) is 2.47. The summed E-state index contributed by atoms with van der Waals surface area (Å²) in [7, 11) is -3.27. The average molecular weight is 341 g/mol. The number of nitrogens with one attached hydrogen (secondary N) is 1. The lowest BCUT2D eigenvalue weighted by molar-refractivity contribution is -0.147. The predicted molar refractivity (Wildman–Crippen MR) is 87.0 cm³/mol. The van der Waals surface area contributed by atoms with E-state index in [9.17, 15) is 23.1 Å². The zero-order chi connectivity index (χ0) is 17.7. The van der Waals surface area contributed by atoms with Crippen LogP contribution in [0.1, 0.15) is 39.2 Å². The maximum atomic E-state index is 12.1. The van der Waals surface area contributed by atoms with Gasteiger partial charge in [0.15, 0.2) is 9.84 Å². The van der Waals surface area contributed by atoms with Crippen LogP contribution in [0, 0.1) is 0 Å². The number of carboxylic acid groups (broad SMARTS) is 1. The van der Waals surface area contributed by atoms with Crippen LogP contribution in [0.15, 0.2) is 29.2 Å². The Balaban J connectivity index is 2.80. The van der Waals surface area contributed by atoms with Crippen molar-refractivity contribution in [1.82, 2.24) is 5.32 Å². The van der Waals surface area contributed by atoms with Gasteiger partial charge in [-0.15, -0.1) is 0 Å². The number of aliphatic carboxylic acids is 1. The zero-order valence-corrected chi connectivity index (χ0v) is 14.4. The molecule has 0 aromatic heterocycles. The smallest absolute Gasteiger partial charge is 0.329 e. The van der Waals surface area contributed by atoms with Crippen molar-refractivity contribution >= 4 is 21.7 Å². The van der Waals surface area contributed by atoms with Crippen LogP contribution in [-0.2, 0) is 25.8 Å². The van der Waals surface area contributed by atoms with Crippen molar-refractivity contribution in [2.24, 2.45) is 0 Å². The maximum absolute atomic E-state index is 12.1. The third-order valence-corrected chi connectivity index (χ3v) is 5.42. The molecule has 23 heavy (non-hydrogen) atoms. The second-order valence-corrected chi connectivity index (χ2v) is 7.94. The van der Waals surface area contributed by atoms with Crippen LogP contribution in [0.25, 0.3) is 0 Å². The molecule has 1 aromatic carbocycles. The van der Waals surface area contributed by atoms with E-state index < -0.39 is 27.3 Å². The molecule has 0 saturated heterocycles. The maximum Gasteiger partial charge on any atom is 0.329 e. The predicted octanol–water partition coefficient (Wildman–Crippen LogP) is 1.78. The summed E-state index contributed by atoms with van der Waals surface area (Å²) in [6, 6.07) is 6.06. The van der Waals surface area contributed by atoms with Gasteiger partial charge in [-0.3, -0.25) is 4.79 Å². The summed E-state index contributed by atoms with van der Waals surface area (Å²) >= 11 is 0. The van der Waals surface area contributed by atoms with Crippen LogP contribution in [0.2, 0.25) is 0 Å². The van der Waals surface area contributed by atoms with Gasteiger partial charge < -0.3 is 10.4 Å². The van der Waals surface area contributed by atoms with E-state index in [0.717, 1.165) is 0 Å². The molecule has 0 fully saturated rings. The summed E-state index contributed by atoms with van der Waals surface area (Å²) in [5.41, 5.74) is -0.668. The standard InChI is InChI=1S/C16H23NO5S/c1-4-10-16(3,15(19)20)17-14(18)11-12-6-8-13(9-7-12)23(21,22)5-2/h6-9H,4-5,10-11H2,1-3H3,(H,17,18)(H,19,20). The van der Waals surface area contributed by atoms with Crippen molar-refractivity contribution in [1.29, 1.82) is 0 Å². The summed E-state index contributed by atoms with van der Waals surface area (Å²) in [5.74, 6) is -1.47. The Hall–Kier alpha value is -1.89. The second kappa shape index (κ2) is 7.59. The van der Waals surface area contributed by atoms with Gasteiger partial charge in [0.2, 0.25) is 5.91 Å². The molecule has 1 rings (SSSR count). The first-order valence-corrected chi connectivity index (χ1v) is 9.16. The van der Waals surface area contributed by atoms with Gasteiger partial charge in [-0.05, 0) is 31.0 Å². The Morgan fingerprint density at radius 3 is 2.17 bits per heavy atom. The minimum absolute atomic E-state index is 0.000955. The molecule has 0 radical (unpaired) electrons. The molecule has 0 aliphatic heterocycles. The van der Waals surface area contributed by atoms with Gasteiger partial charge in [0.1, 0.15) is 5.54 Å². The molecule has 1 amide bonds. The number of hydrogen-bond donors (Lipinski definition) is 2. The number of carbonyl (C=O) groups excluding carboxylic acids is 1. The first-order valence-electron chi connectivity index (χ1n) is 7.50. The third kappa shape index (κ3) is 5.06. The van der Waals surface area contributed by atoms with Gasteiger partial charge in [-0.25, -0.2) is 13.2 Å². The third-order valence-electron chi connectivity index (χ3n) is 3.66. The van der Waals surface area contributed by atoms with Crippen LogP contribution in [0.3, 0.4) is 0 Å². The molecule has 1 unspecified atom stereocenters. The number of carbonyl (C=O) groups is 2. The Labute approximate surface area is 136 Å². The van der Waals surface area contributed by atoms with Crippen molar-refractivity contribution in [3.05, 3.63) is 29.8 Å². The number of amides is 1. The van der Waals surface area contributed by atoms with Crippen LogP contribution >= 0.6 is 0 Å². The van der Waals surface area contributed by atoms with E-state index in [1.54, 1.807) is 19.1 Å². The number of sulfone groups is 1. The van der Waals surface area contributed by atoms with Crippen molar-refractivity contribution in [3.8, 4) is 0 Å². The van der Waals surface area contributed by atoms with E-state index in [4.69, 9.17) is 0 Å². The fourth-order valence-electron chi connectivity index (χ4n) is 2.24. The molecule has 0 aliphatic rings. The van der Waals surface area contributed by atoms with Crippen LogP contribution in [0.5, 0.6) is 0 Å². The van der Waals surface area contributed by atoms with Crippen molar-refractivity contribution in [2.45, 2.75) is 50.5 Å². The molecular formula is C16H23NO5S. The molecule has 0 heterocycles. The zero-order valence-electron chi connectivity index (χ0n) is 13.6. The number of hydrogen-bond acceptors (Lipinski definition) is 4. The van der Waals surface area contributed by atoms with Gasteiger partial charge in [0.05, 0.1) is 17.1 Å². The molecule has 0 saturated carbocycles. The van der Waals surface area contributed by atoms with E-state index >= 15 is 0 Å². The second-order valence-electron chi connectivity index (χ2n) is 5.66. The molecule has 7 heteroatoms. The summed E-state index contributed by atoms with van der Waals surface area (Å²) < 4.78 is 23.4. The number of carboxylic acids is 1. The molecule has 0 bridgehead atoms. The summed E-state index contributed by atoms with van der Waals surface area (Å²) in [6.07, 6.45) is 0.966. The van der Waals surface area contributed by atoms with Gasteiger partial charge in [-0.2, -0.15) is 0 Å². The van der Waals surface area contributed by atoms with E-state index in [1.807, 2.05) is 6.92 Å². The molecule has 2 N–H and O–H groups in total. The van der Waals surface area contributed by atoms with E-state index in [2.05, 4.69) is 5.32 Å². The highest BCUT2D eigenvalue weighted by atomic mass is 32.2. The van der Waals surface area contributed by atoms with Crippen molar-refractivity contribution < 1.29 is 23.1 Å². The lowest BCUT2D eigenvalue weighted by Crippen LogP contribution is -2.52. The molecule has 1 atom stereocenters. The van der Waals surface area contributed by atoms with E-state index in [1.165, 1.54) is 19.1 Å². The fourth-order valence-corrected chi connectivity index (χ4v) is 3.13. The van der Waals surface area contributed by atoms with Crippen LogP contribution in [-0.4, -0.2) is 36.7 Å². The Bertz CT molecular complexity index is 666. The first-order chi connectivity index (χ1) is 10.6. The van der Waals surface area contributed by atoms with Gasteiger partial charge in [0, 0.05) is 0 Å². The Morgan fingerprint density at radius 1 is 1.17 bits per heavy atom. The SMILES string of the molecule is CCCC(C)(NC(=O)Cc1ccc(S(=O)(=O)CC)cc1)C(=O)O. The minimum Gasteiger partial charge on any atom is -0.480 e. The lowest BCUT2D eigenvalue weighted by atomic mass is 9.96. The minimum atomic E-state index is -3.27. The molecule has 6 nitrogen and oxygen atoms in total. The van der Waals surface area contributed by atoms with Gasteiger partial charge >= 0.3 is 5.97 Å². The fraction of sp³-hybridized carbons (Fsp3) is 0.500. The summed E-state index contributed by atoms with van der Waals surface area (Å²) in [4.78, 5) is 23.6. The lowest BCUT2D eigenvalue weighted by Gasteiger charge is -2.25. The molecular weight excluding hydrogens is 318 g/mol. The van der Waals surface area contributed by atoms with Crippen molar-refractivity contribution in [3.63, 3.8) is 0 Å². The van der Waals surface area contributed by atoms with Crippen LogP contribution < -0.4 is 5.32 Å². The number of benzene rings is 1. The largest absolute Gasteiger partial charge is 0.480 e. The topological polar surface area (TPSA) is 101 Å². The quantitative estimate of drug-likeness (QED) is 0.751. The summed E-state index contributed by atoms with van der Waals surface area (Å²) in [5, 5.41) is 11.8. The van der Waals surface area contributed by atoms with E-state index in [0.29, 0.717) is 18.4 Å².